The fraction of sp³-hybridized carbons (Fsp3) is 0. The SMILES string of the molecule is c1ccc(-c2ccc(Nc3cc4ccccc4c4ccccc34)cc2)cc1. The Labute approximate surface area is 158 Å². The maximum absolute atomic E-state index is 3.62. The van der Waals surface area contributed by atoms with Crippen LogP contribution in [0.25, 0.3) is 32.7 Å². The molecule has 0 saturated heterocycles. The van der Waals surface area contributed by atoms with Crippen molar-refractivity contribution in [2.24, 2.45) is 0 Å². The summed E-state index contributed by atoms with van der Waals surface area (Å²) in [6, 6.07) is 38.5. The standard InChI is InChI=1S/C26H19N/c1-2-8-19(9-3-1)20-14-16-22(17-15-20)27-26-18-21-10-4-5-11-23(21)24-12-6-7-13-25(24)26/h1-18,27H. The molecule has 0 aromatic heterocycles. The molecule has 0 radical (unpaired) electrons. The monoisotopic (exact) mass is 345 g/mol. The first-order chi connectivity index (χ1) is 13.4. The molecule has 0 aliphatic rings. The Bertz CT molecular complexity index is 1220. The van der Waals surface area contributed by atoms with Gasteiger partial charge in [0, 0.05) is 16.8 Å². The van der Waals surface area contributed by atoms with Crippen molar-refractivity contribution in [2.45, 2.75) is 0 Å². The third kappa shape index (κ3) is 2.94. The zero-order chi connectivity index (χ0) is 18.1. The molecule has 128 valence electrons. The highest BCUT2D eigenvalue weighted by Gasteiger charge is 2.06. The molecule has 0 aliphatic heterocycles. The van der Waals surface area contributed by atoms with Crippen LogP contribution in [0.4, 0.5) is 11.4 Å². The van der Waals surface area contributed by atoms with Crippen molar-refractivity contribution in [1.82, 2.24) is 0 Å². The highest BCUT2D eigenvalue weighted by Crippen LogP contribution is 2.33. The lowest BCUT2D eigenvalue weighted by Crippen LogP contribution is -1.92. The molecule has 27 heavy (non-hydrogen) atoms. The molecule has 0 heterocycles. The zero-order valence-corrected chi connectivity index (χ0v) is 14.9. The first-order valence-electron chi connectivity index (χ1n) is 9.21. The van der Waals surface area contributed by atoms with Gasteiger partial charge in [0.1, 0.15) is 0 Å². The van der Waals surface area contributed by atoms with E-state index in [1.807, 2.05) is 6.07 Å². The number of fused-ring (bicyclic) bond motifs is 3. The molecule has 0 saturated carbocycles. The maximum Gasteiger partial charge on any atom is 0.0470 e. The molecule has 1 nitrogen and oxygen atoms in total. The van der Waals surface area contributed by atoms with Crippen molar-refractivity contribution in [2.75, 3.05) is 5.32 Å². The van der Waals surface area contributed by atoms with Gasteiger partial charge in [-0.15, -0.1) is 0 Å². The van der Waals surface area contributed by atoms with Crippen LogP contribution in [0.2, 0.25) is 0 Å². The largest absolute Gasteiger partial charge is 0.355 e. The minimum atomic E-state index is 1.09. The Kier molecular flexibility index (Phi) is 3.84. The first-order valence-corrected chi connectivity index (χ1v) is 9.21. The van der Waals surface area contributed by atoms with Gasteiger partial charge < -0.3 is 5.32 Å². The Hall–Kier alpha value is -3.58. The number of rotatable bonds is 3. The summed E-state index contributed by atoms with van der Waals surface area (Å²) >= 11 is 0. The summed E-state index contributed by atoms with van der Waals surface area (Å²) in [5.74, 6) is 0. The molecule has 0 atom stereocenters. The molecule has 0 amide bonds. The van der Waals surface area contributed by atoms with E-state index in [1.165, 1.54) is 32.7 Å². The minimum Gasteiger partial charge on any atom is -0.355 e. The lowest BCUT2D eigenvalue weighted by atomic mass is 10.00. The number of anilines is 2. The smallest absolute Gasteiger partial charge is 0.0470 e. The molecule has 0 fully saturated rings. The fourth-order valence-electron chi connectivity index (χ4n) is 3.69. The lowest BCUT2D eigenvalue weighted by Gasteiger charge is -2.13. The zero-order valence-electron chi connectivity index (χ0n) is 14.9. The molecule has 0 bridgehead atoms. The second-order valence-electron chi connectivity index (χ2n) is 6.76. The van der Waals surface area contributed by atoms with Crippen molar-refractivity contribution in [3.05, 3.63) is 109 Å². The van der Waals surface area contributed by atoms with E-state index in [0.717, 1.165) is 11.4 Å². The van der Waals surface area contributed by atoms with Crippen LogP contribution in [-0.4, -0.2) is 0 Å². The first kappa shape index (κ1) is 15.7. The van der Waals surface area contributed by atoms with Crippen LogP contribution in [0.5, 0.6) is 0 Å². The molecule has 0 spiro atoms. The number of hydrogen-bond acceptors (Lipinski definition) is 1. The summed E-state index contributed by atoms with van der Waals surface area (Å²) in [7, 11) is 0. The molecule has 1 heteroatoms. The van der Waals surface area contributed by atoms with Crippen LogP contribution in [0.1, 0.15) is 0 Å². The van der Waals surface area contributed by atoms with Gasteiger partial charge in [0.15, 0.2) is 0 Å². The summed E-state index contributed by atoms with van der Waals surface area (Å²) in [5.41, 5.74) is 4.69. The van der Waals surface area contributed by atoms with E-state index in [0.29, 0.717) is 0 Å². The van der Waals surface area contributed by atoms with Crippen LogP contribution in [0, 0.1) is 0 Å². The third-order valence-electron chi connectivity index (χ3n) is 5.04. The van der Waals surface area contributed by atoms with E-state index in [4.69, 9.17) is 0 Å². The average molecular weight is 345 g/mol. The van der Waals surface area contributed by atoms with Crippen LogP contribution in [-0.2, 0) is 0 Å². The summed E-state index contributed by atoms with van der Waals surface area (Å²) in [4.78, 5) is 0. The van der Waals surface area contributed by atoms with E-state index < -0.39 is 0 Å². The van der Waals surface area contributed by atoms with E-state index in [9.17, 15) is 0 Å². The lowest BCUT2D eigenvalue weighted by molar-refractivity contribution is 1.57. The van der Waals surface area contributed by atoms with Gasteiger partial charge in [-0.3, -0.25) is 0 Å². The number of hydrogen-bond donors (Lipinski definition) is 1. The molecule has 1 N–H and O–H groups in total. The van der Waals surface area contributed by atoms with Gasteiger partial charge in [-0.25, -0.2) is 0 Å². The van der Waals surface area contributed by atoms with Gasteiger partial charge in [0.2, 0.25) is 0 Å². The van der Waals surface area contributed by atoms with Crippen molar-refractivity contribution in [1.29, 1.82) is 0 Å². The van der Waals surface area contributed by atoms with E-state index in [2.05, 4.69) is 108 Å². The second kappa shape index (κ2) is 6.62. The molecule has 5 aromatic rings. The summed E-state index contributed by atoms with van der Waals surface area (Å²) < 4.78 is 0. The fourth-order valence-corrected chi connectivity index (χ4v) is 3.69. The normalized spacial score (nSPS) is 11.0. The van der Waals surface area contributed by atoms with Crippen LogP contribution in [0.3, 0.4) is 0 Å². The van der Waals surface area contributed by atoms with Gasteiger partial charge in [-0.2, -0.15) is 0 Å². The minimum absolute atomic E-state index is 1.09. The van der Waals surface area contributed by atoms with Crippen molar-refractivity contribution in [3.8, 4) is 11.1 Å². The van der Waals surface area contributed by atoms with E-state index in [1.54, 1.807) is 0 Å². The highest BCUT2D eigenvalue weighted by atomic mass is 14.9. The molecule has 5 rings (SSSR count). The van der Waals surface area contributed by atoms with Gasteiger partial charge >= 0.3 is 0 Å². The molecule has 5 aromatic carbocycles. The number of nitrogens with one attached hydrogen (secondary N) is 1. The summed E-state index contributed by atoms with van der Waals surface area (Å²) in [6.45, 7) is 0. The van der Waals surface area contributed by atoms with Gasteiger partial charge in [0.25, 0.3) is 0 Å². The van der Waals surface area contributed by atoms with Crippen LogP contribution in [0.15, 0.2) is 109 Å². The highest BCUT2D eigenvalue weighted by molar-refractivity contribution is 6.13. The molecule has 0 aliphatic carbocycles. The third-order valence-corrected chi connectivity index (χ3v) is 5.04. The van der Waals surface area contributed by atoms with Crippen LogP contribution >= 0.6 is 0 Å². The Morgan fingerprint density at radius 1 is 0.444 bits per heavy atom. The van der Waals surface area contributed by atoms with Crippen molar-refractivity contribution >= 4 is 32.9 Å². The Balaban J connectivity index is 1.56. The Morgan fingerprint density at radius 2 is 1.04 bits per heavy atom. The van der Waals surface area contributed by atoms with Crippen molar-refractivity contribution in [3.63, 3.8) is 0 Å². The van der Waals surface area contributed by atoms with Gasteiger partial charge in [-0.1, -0.05) is 91.0 Å². The van der Waals surface area contributed by atoms with Crippen molar-refractivity contribution < 1.29 is 0 Å². The quantitative estimate of drug-likeness (QED) is 0.336. The van der Waals surface area contributed by atoms with E-state index >= 15 is 0 Å². The maximum atomic E-state index is 3.62. The van der Waals surface area contributed by atoms with Gasteiger partial charge in [-0.05, 0) is 45.5 Å². The topological polar surface area (TPSA) is 12.0 Å². The summed E-state index contributed by atoms with van der Waals surface area (Å²) in [5, 5.41) is 8.67. The second-order valence-corrected chi connectivity index (χ2v) is 6.76. The van der Waals surface area contributed by atoms with E-state index in [-0.39, 0.29) is 0 Å². The predicted octanol–water partition coefficient (Wildman–Crippen LogP) is 7.40. The molecule has 0 unspecified atom stereocenters. The number of benzene rings is 5. The van der Waals surface area contributed by atoms with Crippen LogP contribution < -0.4 is 5.32 Å². The molecular formula is C26H19N. The summed E-state index contributed by atoms with van der Waals surface area (Å²) in [6.07, 6.45) is 0. The molecular weight excluding hydrogens is 326 g/mol. The van der Waals surface area contributed by atoms with Gasteiger partial charge in [0.05, 0.1) is 0 Å². The Morgan fingerprint density at radius 3 is 1.81 bits per heavy atom. The average Bonchev–Trinajstić information content (AvgIpc) is 2.75. The predicted molar refractivity (Wildman–Crippen MR) is 117 cm³/mol.